The molecule has 0 fully saturated rings. The van der Waals surface area contributed by atoms with E-state index in [4.69, 9.17) is 0 Å². The Morgan fingerprint density at radius 1 is 0.696 bits per heavy atom. The Morgan fingerprint density at radius 2 is 1.30 bits per heavy atom. The van der Waals surface area contributed by atoms with Gasteiger partial charge in [-0.1, -0.05) is 42.5 Å². The Kier molecular flexibility index (Phi) is 4.10. The van der Waals surface area contributed by atoms with E-state index in [0.717, 1.165) is 21.9 Å². The second kappa shape index (κ2) is 6.36. The van der Waals surface area contributed by atoms with Gasteiger partial charge in [0.15, 0.2) is 0 Å². The van der Waals surface area contributed by atoms with Crippen LogP contribution in [0, 0.1) is 13.8 Å². The third-order valence-corrected chi connectivity index (χ3v) is 3.83. The van der Waals surface area contributed by atoms with Crippen LogP contribution in [0.25, 0.3) is 10.8 Å². The summed E-state index contributed by atoms with van der Waals surface area (Å²) in [6, 6.07) is 17.1. The molecule has 0 amide bonds. The van der Waals surface area contributed by atoms with Crippen molar-refractivity contribution in [3.8, 4) is 5.75 Å². The van der Waals surface area contributed by atoms with Gasteiger partial charge < -0.3 is 5.11 Å². The average molecular weight is 304 g/mol. The molecule has 5 nitrogen and oxygen atoms in total. The zero-order valence-electron chi connectivity index (χ0n) is 12.9. The number of nitrogens with zero attached hydrogens (tertiary/aromatic N) is 4. The summed E-state index contributed by atoms with van der Waals surface area (Å²) in [5, 5.41) is 27.7. The number of fused-ring (bicyclic) bond motifs is 1. The fourth-order valence-corrected chi connectivity index (χ4v) is 2.43. The van der Waals surface area contributed by atoms with Crippen molar-refractivity contribution in [2.75, 3.05) is 0 Å². The molecule has 0 heterocycles. The van der Waals surface area contributed by atoms with Gasteiger partial charge in [-0.2, -0.15) is 0 Å². The first kappa shape index (κ1) is 14.8. The Bertz CT molecular complexity index is 902. The standard InChI is InChI=1S/C18H16N4O/c1-12-13(2)18(23)17(16-11-7-6-10-15(12)16)20-22-21-19-14-8-4-3-5-9-14/h3-11,23H,1-2H3. The molecule has 0 aliphatic rings. The summed E-state index contributed by atoms with van der Waals surface area (Å²) in [6.07, 6.45) is 0. The lowest BCUT2D eigenvalue weighted by molar-refractivity contribution is 0.472. The van der Waals surface area contributed by atoms with Gasteiger partial charge in [-0.3, -0.25) is 0 Å². The molecule has 1 N–H and O–H groups in total. The lowest BCUT2D eigenvalue weighted by atomic mass is 9.98. The molecule has 23 heavy (non-hydrogen) atoms. The SMILES string of the molecule is Cc1c(O)c(N=NN=Nc2ccccc2)c2ccccc2c1C. The Labute approximate surface area is 134 Å². The Balaban J connectivity index is 2.00. The molecular weight excluding hydrogens is 288 g/mol. The third-order valence-electron chi connectivity index (χ3n) is 3.83. The minimum absolute atomic E-state index is 0.125. The van der Waals surface area contributed by atoms with E-state index in [2.05, 4.69) is 20.7 Å². The molecule has 0 unspecified atom stereocenters. The molecule has 0 radical (unpaired) electrons. The highest BCUT2D eigenvalue weighted by molar-refractivity contribution is 5.98. The van der Waals surface area contributed by atoms with Crippen LogP contribution >= 0.6 is 0 Å². The monoisotopic (exact) mass is 304 g/mol. The lowest BCUT2D eigenvalue weighted by Gasteiger charge is -2.11. The normalized spacial score (nSPS) is 11.7. The van der Waals surface area contributed by atoms with Gasteiger partial charge in [-0.15, -0.1) is 10.2 Å². The highest BCUT2D eigenvalue weighted by Crippen LogP contribution is 2.40. The van der Waals surface area contributed by atoms with Crippen LogP contribution in [-0.2, 0) is 0 Å². The molecule has 5 heteroatoms. The molecule has 0 bridgehead atoms. The van der Waals surface area contributed by atoms with E-state index in [1.165, 1.54) is 0 Å². The zero-order chi connectivity index (χ0) is 16.2. The summed E-state index contributed by atoms with van der Waals surface area (Å²) in [5.74, 6) is 0.125. The summed E-state index contributed by atoms with van der Waals surface area (Å²) in [6.45, 7) is 3.84. The first-order chi connectivity index (χ1) is 11.2. The molecule has 3 rings (SSSR count). The number of aryl methyl sites for hydroxylation is 1. The van der Waals surface area contributed by atoms with Gasteiger partial charge >= 0.3 is 0 Å². The van der Waals surface area contributed by atoms with E-state index in [0.29, 0.717) is 11.4 Å². The third kappa shape index (κ3) is 2.94. The van der Waals surface area contributed by atoms with Gasteiger partial charge in [0.05, 0.1) is 5.69 Å². The van der Waals surface area contributed by atoms with Crippen LogP contribution in [0.15, 0.2) is 75.3 Å². The van der Waals surface area contributed by atoms with Crippen LogP contribution < -0.4 is 0 Å². The summed E-state index contributed by atoms with van der Waals surface area (Å²) >= 11 is 0. The highest BCUT2D eigenvalue weighted by Gasteiger charge is 2.13. The number of phenolic OH excluding ortho intramolecular Hbond substituents is 1. The van der Waals surface area contributed by atoms with Crippen molar-refractivity contribution in [2.45, 2.75) is 13.8 Å². The number of hydrogen-bond donors (Lipinski definition) is 1. The van der Waals surface area contributed by atoms with E-state index < -0.39 is 0 Å². The topological polar surface area (TPSA) is 69.7 Å². The van der Waals surface area contributed by atoms with Crippen molar-refractivity contribution in [3.05, 3.63) is 65.7 Å². The summed E-state index contributed by atoms with van der Waals surface area (Å²) in [5.41, 5.74) is 2.93. The molecule has 114 valence electrons. The van der Waals surface area contributed by atoms with Crippen LogP contribution in [0.2, 0.25) is 0 Å². The van der Waals surface area contributed by atoms with Crippen molar-refractivity contribution in [1.82, 2.24) is 0 Å². The number of hydrogen-bond acceptors (Lipinski definition) is 3. The van der Waals surface area contributed by atoms with Gasteiger partial charge in [-0.05, 0) is 52.9 Å². The molecule has 0 aliphatic carbocycles. The predicted molar refractivity (Wildman–Crippen MR) is 90.6 cm³/mol. The quantitative estimate of drug-likeness (QED) is 0.471. The molecule has 0 aromatic heterocycles. The van der Waals surface area contributed by atoms with Crippen LogP contribution in [0.5, 0.6) is 5.75 Å². The number of benzene rings is 3. The van der Waals surface area contributed by atoms with Gasteiger partial charge in [0, 0.05) is 5.39 Å². The number of aromatic hydroxyl groups is 1. The second-order valence-electron chi connectivity index (χ2n) is 5.21. The minimum Gasteiger partial charge on any atom is -0.505 e. The average Bonchev–Trinajstić information content (AvgIpc) is 2.60. The van der Waals surface area contributed by atoms with Crippen molar-refractivity contribution in [3.63, 3.8) is 0 Å². The first-order valence-corrected chi connectivity index (χ1v) is 7.26. The molecular formula is C18H16N4O. The predicted octanol–water partition coefficient (Wildman–Crippen LogP) is 5.94. The van der Waals surface area contributed by atoms with Crippen molar-refractivity contribution >= 4 is 22.1 Å². The van der Waals surface area contributed by atoms with E-state index >= 15 is 0 Å². The summed E-state index contributed by atoms with van der Waals surface area (Å²) < 4.78 is 0. The van der Waals surface area contributed by atoms with E-state index in [-0.39, 0.29) is 5.75 Å². The van der Waals surface area contributed by atoms with Crippen LogP contribution in [0.1, 0.15) is 11.1 Å². The largest absolute Gasteiger partial charge is 0.505 e. The maximum atomic E-state index is 10.4. The fraction of sp³-hybridized carbons (Fsp3) is 0.111. The Morgan fingerprint density at radius 3 is 2.04 bits per heavy atom. The molecule has 0 saturated carbocycles. The minimum atomic E-state index is 0.125. The first-order valence-electron chi connectivity index (χ1n) is 7.26. The van der Waals surface area contributed by atoms with Gasteiger partial charge in [0.1, 0.15) is 11.4 Å². The van der Waals surface area contributed by atoms with Crippen molar-refractivity contribution in [2.24, 2.45) is 20.7 Å². The summed E-state index contributed by atoms with van der Waals surface area (Å²) in [7, 11) is 0. The van der Waals surface area contributed by atoms with Crippen LogP contribution in [0.4, 0.5) is 11.4 Å². The molecule has 0 spiro atoms. The second-order valence-corrected chi connectivity index (χ2v) is 5.21. The van der Waals surface area contributed by atoms with E-state index in [1.807, 2.05) is 68.4 Å². The van der Waals surface area contributed by atoms with Gasteiger partial charge in [0.25, 0.3) is 0 Å². The van der Waals surface area contributed by atoms with Gasteiger partial charge in [-0.25, -0.2) is 0 Å². The number of rotatable bonds is 3. The van der Waals surface area contributed by atoms with E-state index in [9.17, 15) is 5.11 Å². The molecule has 3 aromatic carbocycles. The molecule has 0 aliphatic heterocycles. The summed E-state index contributed by atoms with van der Waals surface area (Å²) in [4.78, 5) is 0. The number of phenols is 1. The maximum absolute atomic E-state index is 10.4. The smallest absolute Gasteiger partial charge is 0.146 e. The molecule has 0 saturated heterocycles. The van der Waals surface area contributed by atoms with Crippen LogP contribution in [0.3, 0.4) is 0 Å². The highest BCUT2D eigenvalue weighted by atomic mass is 16.3. The van der Waals surface area contributed by atoms with Crippen molar-refractivity contribution in [1.29, 1.82) is 0 Å². The fourth-order valence-electron chi connectivity index (χ4n) is 2.43. The van der Waals surface area contributed by atoms with Crippen molar-refractivity contribution < 1.29 is 5.11 Å². The Hall–Kier alpha value is -3.08. The molecule has 3 aromatic rings. The van der Waals surface area contributed by atoms with Gasteiger partial charge in [0.2, 0.25) is 0 Å². The lowest BCUT2D eigenvalue weighted by Crippen LogP contribution is -1.86. The molecule has 0 atom stereocenters. The zero-order valence-corrected chi connectivity index (χ0v) is 12.9. The van der Waals surface area contributed by atoms with Crippen LogP contribution in [-0.4, -0.2) is 5.11 Å². The van der Waals surface area contributed by atoms with E-state index in [1.54, 1.807) is 0 Å². The maximum Gasteiger partial charge on any atom is 0.146 e.